The fourth-order valence-electron chi connectivity index (χ4n) is 3.63. The van der Waals surface area contributed by atoms with E-state index in [0.717, 1.165) is 48.3 Å². The van der Waals surface area contributed by atoms with Crippen molar-refractivity contribution in [2.75, 3.05) is 13.1 Å². The van der Waals surface area contributed by atoms with Crippen LogP contribution in [0.5, 0.6) is 5.75 Å². The number of rotatable bonds is 11. The zero-order chi connectivity index (χ0) is 21.3. The van der Waals surface area contributed by atoms with Crippen molar-refractivity contribution in [2.45, 2.75) is 32.1 Å². The van der Waals surface area contributed by atoms with Crippen molar-refractivity contribution >= 4 is 11.0 Å². The predicted octanol–water partition coefficient (Wildman–Crippen LogP) is 4.72. The Morgan fingerprint density at radius 3 is 2.68 bits per heavy atom. The first-order valence-corrected chi connectivity index (χ1v) is 10.8. The first-order valence-electron chi connectivity index (χ1n) is 10.8. The third-order valence-corrected chi connectivity index (χ3v) is 5.36. The van der Waals surface area contributed by atoms with Crippen LogP contribution in [0.25, 0.3) is 11.0 Å². The van der Waals surface area contributed by atoms with E-state index in [0.29, 0.717) is 13.2 Å². The van der Waals surface area contributed by atoms with Crippen LogP contribution in [0.2, 0.25) is 0 Å². The van der Waals surface area contributed by atoms with Gasteiger partial charge < -0.3 is 19.7 Å². The molecule has 2 N–H and O–H groups in total. The van der Waals surface area contributed by atoms with Crippen LogP contribution in [0.4, 0.5) is 0 Å². The minimum absolute atomic E-state index is 0.519. The van der Waals surface area contributed by atoms with Crippen molar-refractivity contribution in [2.24, 2.45) is 0 Å². The second-order valence-corrected chi connectivity index (χ2v) is 7.70. The lowest BCUT2D eigenvalue weighted by Gasteiger charge is -2.14. The maximum absolute atomic E-state index is 10.5. The van der Waals surface area contributed by atoms with Gasteiger partial charge in [0.2, 0.25) is 0 Å². The fraction of sp³-hybridized carbons (Fsp3) is 0.269. The zero-order valence-electron chi connectivity index (χ0n) is 17.7. The lowest BCUT2D eigenvalue weighted by Crippen LogP contribution is -2.22. The molecule has 1 atom stereocenters. The fourth-order valence-corrected chi connectivity index (χ4v) is 3.63. The van der Waals surface area contributed by atoms with Gasteiger partial charge in [-0.1, -0.05) is 54.6 Å². The number of aryl methyl sites for hydroxylation is 1. The molecule has 0 aliphatic heterocycles. The Morgan fingerprint density at radius 2 is 1.77 bits per heavy atom. The minimum Gasteiger partial charge on any atom is -0.489 e. The van der Waals surface area contributed by atoms with Gasteiger partial charge in [-0.25, -0.2) is 4.98 Å². The van der Waals surface area contributed by atoms with Crippen molar-refractivity contribution in [3.8, 4) is 5.75 Å². The number of fused-ring (bicyclic) bond motifs is 1. The standard InChI is InChI=1S/C26H29N3O2/c30-26(22-11-8-12-23(17-22)31-19-21-9-2-1-3-10-21)18-27-15-6-7-16-29-20-28-24-13-4-5-14-25(24)29/h1-5,8-14,17,20,26-27,30H,6-7,15-16,18-19H2. The first kappa shape index (κ1) is 21.1. The van der Waals surface area contributed by atoms with E-state index in [-0.39, 0.29) is 0 Å². The lowest BCUT2D eigenvalue weighted by atomic mass is 10.1. The Hall–Kier alpha value is -3.15. The number of imidazole rings is 1. The number of unbranched alkanes of at least 4 members (excludes halogenated alkanes) is 1. The number of para-hydroxylation sites is 2. The highest BCUT2D eigenvalue weighted by molar-refractivity contribution is 5.74. The Kier molecular flexibility index (Phi) is 7.32. The van der Waals surface area contributed by atoms with Crippen molar-refractivity contribution in [3.05, 3.63) is 96.3 Å². The summed E-state index contributed by atoms with van der Waals surface area (Å²) in [6.07, 6.45) is 3.46. The summed E-state index contributed by atoms with van der Waals surface area (Å²) in [4.78, 5) is 4.43. The first-order chi connectivity index (χ1) is 15.3. The Bertz CT molecular complexity index is 1080. The summed E-state index contributed by atoms with van der Waals surface area (Å²) in [5.74, 6) is 0.771. The SMILES string of the molecule is OC(CNCCCCn1cnc2ccccc21)c1cccc(OCc2ccccc2)c1. The molecule has 0 bridgehead atoms. The summed E-state index contributed by atoms with van der Waals surface area (Å²) < 4.78 is 8.07. The molecule has 1 aromatic heterocycles. The Balaban J connectivity index is 1.17. The molecule has 160 valence electrons. The molecule has 3 aromatic carbocycles. The number of benzene rings is 3. The molecule has 0 aliphatic rings. The van der Waals surface area contributed by atoms with Crippen LogP contribution < -0.4 is 10.1 Å². The molecule has 1 heterocycles. The average Bonchev–Trinajstić information content (AvgIpc) is 3.24. The molecule has 0 saturated carbocycles. The van der Waals surface area contributed by atoms with E-state index >= 15 is 0 Å². The van der Waals surface area contributed by atoms with E-state index in [1.807, 2.05) is 79.1 Å². The van der Waals surface area contributed by atoms with Gasteiger partial charge in [0.1, 0.15) is 12.4 Å². The molecule has 5 heteroatoms. The van der Waals surface area contributed by atoms with E-state index in [9.17, 15) is 5.11 Å². The number of hydrogen-bond acceptors (Lipinski definition) is 4. The molecule has 0 amide bonds. The molecule has 0 spiro atoms. The highest BCUT2D eigenvalue weighted by atomic mass is 16.5. The second kappa shape index (κ2) is 10.8. The lowest BCUT2D eigenvalue weighted by molar-refractivity contribution is 0.174. The number of aromatic nitrogens is 2. The summed E-state index contributed by atoms with van der Waals surface area (Å²) in [5, 5.41) is 13.9. The topological polar surface area (TPSA) is 59.3 Å². The largest absolute Gasteiger partial charge is 0.489 e. The molecule has 4 rings (SSSR count). The van der Waals surface area contributed by atoms with E-state index < -0.39 is 6.10 Å². The van der Waals surface area contributed by atoms with Gasteiger partial charge in [-0.15, -0.1) is 0 Å². The summed E-state index contributed by atoms with van der Waals surface area (Å²) in [5.41, 5.74) is 4.21. The summed E-state index contributed by atoms with van der Waals surface area (Å²) in [6, 6.07) is 26.0. The highest BCUT2D eigenvalue weighted by Gasteiger charge is 2.08. The number of aliphatic hydroxyl groups excluding tert-OH is 1. The molecular formula is C26H29N3O2. The van der Waals surface area contributed by atoms with Gasteiger partial charge in [-0.05, 0) is 54.8 Å². The summed E-state index contributed by atoms with van der Waals surface area (Å²) in [6.45, 7) is 2.86. The number of nitrogens with zero attached hydrogens (tertiary/aromatic N) is 2. The third-order valence-electron chi connectivity index (χ3n) is 5.36. The molecule has 31 heavy (non-hydrogen) atoms. The normalized spacial score (nSPS) is 12.2. The number of hydrogen-bond donors (Lipinski definition) is 2. The smallest absolute Gasteiger partial charge is 0.120 e. The maximum atomic E-state index is 10.5. The zero-order valence-corrected chi connectivity index (χ0v) is 17.7. The van der Waals surface area contributed by atoms with Crippen LogP contribution in [0, 0.1) is 0 Å². The maximum Gasteiger partial charge on any atom is 0.120 e. The molecule has 4 aromatic rings. The second-order valence-electron chi connectivity index (χ2n) is 7.70. The molecule has 1 unspecified atom stereocenters. The Morgan fingerprint density at radius 1 is 0.935 bits per heavy atom. The van der Waals surface area contributed by atoms with E-state index in [4.69, 9.17) is 4.74 Å². The van der Waals surface area contributed by atoms with Crippen molar-refractivity contribution in [1.29, 1.82) is 0 Å². The molecule has 0 aliphatic carbocycles. The summed E-state index contributed by atoms with van der Waals surface area (Å²) in [7, 11) is 0. The van der Waals surface area contributed by atoms with Gasteiger partial charge in [0.05, 0.1) is 23.5 Å². The van der Waals surface area contributed by atoms with Crippen LogP contribution in [0.3, 0.4) is 0 Å². The van der Waals surface area contributed by atoms with Crippen molar-refractivity contribution in [1.82, 2.24) is 14.9 Å². The average molecular weight is 416 g/mol. The van der Waals surface area contributed by atoms with Crippen LogP contribution in [-0.4, -0.2) is 27.7 Å². The van der Waals surface area contributed by atoms with Gasteiger partial charge >= 0.3 is 0 Å². The van der Waals surface area contributed by atoms with E-state index in [1.165, 1.54) is 5.52 Å². The van der Waals surface area contributed by atoms with Crippen LogP contribution in [0.15, 0.2) is 85.2 Å². The van der Waals surface area contributed by atoms with Crippen LogP contribution in [0.1, 0.15) is 30.1 Å². The molecular weight excluding hydrogens is 386 g/mol. The van der Waals surface area contributed by atoms with Gasteiger partial charge in [0, 0.05) is 13.1 Å². The quantitative estimate of drug-likeness (QED) is 0.348. The van der Waals surface area contributed by atoms with Crippen LogP contribution in [-0.2, 0) is 13.2 Å². The van der Waals surface area contributed by atoms with Gasteiger partial charge in [0.15, 0.2) is 0 Å². The summed E-state index contributed by atoms with van der Waals surface area (Å²) >= 11 is 0. The molecule has 5 nitrogen and oxygen atoms in total. The molecule has 0 fully saturated rings. The van der Waals surface area contributed by atoms with Crippen LogP contribution >= 0.6 is 0 Å². The third kappa shape index (κ3) is 5.94. The monoisotopic (exact) mass is 415 g/mol. The number of nitrogens with one attached hydrogen (secondary N) is 1. The van der Waals surface area contributed by atoms with E-state index in [1.54, 1.807) is 0 Å². The van der Waals surface area contributed by atoms with Crippen molar-refractivity contribution < 1.29 is 9.84 Å². The predicted molar refractivity (Wildman–Crippen MR) is 124 cm³/mol. The number of ether oxygens (including phenoxy) is 1. The van der Waals surface area contributed by atoms with Gasteiger partial charge in [-0.3, -0.25) is 0 Å². The Labute approximate surface area is 183 Å². The minimum atomic E-state index is -0.558. The van der Waals surface area contributed by atoms with Crippen molar-refractivity contribution in [3.63, 3.8) is 0 Å². The van der Waals surface area contributed by atoms with Gasteiger partial charge in [-0.2, -0.15) is 0 Å². The van der Waals surface area contributed by atoms with E-state index in [2.05, 4.69) is 20.9 Å². The molecule has 0 saturated heterocycles. The molecule has 0 radical (unpaired) electrons. The number of aliphatic hydroxyl groups is 1. The highest BCUT2D eigenvalue weighted by Crippen LogP contribution is 2.20. The van der Waals surface area contributed by atoms with Gasteiger partial charge in [0.25, 0.3) is 0 Å².